The van der Waals surface area contributed by atoms with Gasteiger partial charge in [-0.1, -0.05) is 17.7 Å². The average molecular weight is 480 g/mol. The number of likely N-dealkylation sites (N-methyl/N-ethyl adjacent to an activating group) is 1. The van der Waals surface area contributed by atoms with Crippen LogP contribution in [0.25, 0.3) is 0 Å². The van der Waals surface area contributed by atoms with E-state index in [2.05, 4.69) is 60.0 Å². The Morgan fingerprint density at radius 2 is 1.57 bits per heavy atom. The van der Waals surface area contributed by atoms with Crippen LogP contribution in [0.5, 0.6) is 5.75 Å². The number of nitrogens with one attached hydrogen (secondary N) is 1. The first-order valence-electron chi connectivity index (χ1n) is 12.8. The van der Waals surface area contributed by atoms with Crippen molar-refractivity contribution < 1.29 is 9.53 Å². The minimum absolute atomic E-state index is 0.0237. The van der Waals surface area contributed by atoms with E-state index in [0.29, 0.717) is 0 Å². The summed E-state index contributed by atoms with van der Waals surface area (Å²) in [5.74, 6) is 0.847. The Hall–Kier alpha value is -2.77. The molecule has 0 atom stereocenters. The number of ether oxygens (including phenoxy) is 1. The van der Waals surface area contributed by atoms with Crippen molar-refractivity contribution in [2.45, 2.75) is 27.2 Å². The number of aryl methyl sites for hydroxylation is 3. The number of rotatable bonds is 6. The van der Waals surface area contributed by atoms with Crippen LogP contribution >= 0.6 is 0 Å². The van der Waals surface area contributed by atoms with E-state index in [1.54, 1.807) is 7.11 Å². The van der Waals surface area contributed by atoms with Crippen LogP contribution in [-0.2, 0) is 6.42 Å². The normalized spacial score (nSPS) is 17.5. The third-order valence-electron chi connectivity index (χ3n) is 7.45. The zero-order valence-corrected chi connectivity index (χ0v) is 22.1. The van der Waals surface area contributed by atoms with Crippen LogP contribution in [0.15, 0.2) is 30.3 Å². The number of urea groups is 1. The predicted octanol–water partition coefficient (Wildman–Crippen LogP) is 3.76. The molecule has 2 aliphatic rings. The van der Waals surface area contributed by atoms with Gasteiger partial charge in [-0.15, -0.1) is 0 Å². The Kier molecular flexibility index (Phi) is 8.19. The van der Waals surface area contributed by atoms with Gasteiger partial charge in [0.05, 0.1) is 12.8 Å². The summed E-state index contributed by atoms with van der Waals surface area (Å²) in [5.41, 5.74) is 7.43. The molecule has 0 saturated carbocycles. The van der Waals surface area contributed by atoms with Crippen LogP contribution in [0.2, 0.25) is 0 Å². The molecule has 0 radical (unpaired) electrons. The lowest BCUT2D eigenvalue weighted by Gasteiger charge is -2.35. The summed E-state index contributed by atoms with van der Waals surface area (Å²) in [5, 5.41) is 3.12. The number of amides is 2. The number of carbonyl (C=O) groups is 1. The quantitative estimate of drug-likeness (QED) is 0.684. The number of anilines is 2. The molecule has 2 heterocycles. The molecular weight excluding hydrogens is 438 g/mol. The van der Waals surface area contributed by atoms with Gasteiger partial charge in [-0.2, -0.15) is 0 Å². The fraction of sp³-hybridized carbons (Fsp3) is 0.536. The molecule has 2 fully saturated rings. The van der Waals surface area contributed by atoms with Gasteiger partial charge in [0.1, 0.15) is 5.75 Å². The smallest absolute Gasteiger partial charge is 0.321 e. The molecule has 1 N–H and O–H groups in total. The van der Waals surface area contributed by atoms with E-state index in [1.807, 2.05) is 23.1 Å². The number of benzene rings is 2. The van der Waals surface area contributed by atoms with E-state index in [9.17, 15) is 4.79 Å². The Bertz CT molecular complexity index is 1000. The summed E-state index contributed by atoms with van der Waals surface area (Å²) in [6, 6.07) is 10.5. The summed E-state index contributed by atoms with van der Waals surface area (Å²) in [6.07, 6.45) is 1.06. The predicted molar refractivity (Wildman–Crippen MR) is 144 cm³/mol. The van der Waals surface area contributed by atoms with Gasteiger partial charge in [0.25, 0.3) is 0 Å². The molecule has 2 aromatic rings. The van der Waals surface area contributed by atoms with Gasteiger partial charge in [-0.05, 0) is 69.1 Å². The summed E-state index contributed by atoms with van der Waals surface area (Å²) >= 11 is 0. The number of hydrogen-bond acceptors (Lipinski definition) is 5. The van der Waals surface area contributed by atoms with Crippen LogP contribution in [0.1, 0.15) is 22.3 Å². The number of hydrogen-bond donors (Lipinski definition) is 1. The van der Waals surface area contributed by atoms with Crippen LogP contribution in [-0.4, -0.2) is 93.8 Å². The maximum absolute atomic E-state index is 13.0. The molecule has 2 aliphatic heterocycles. The molecule has 35 heavy (non-hydrogen) atoms. The van der Waals surface area contributed by atoms with Crippen molar-refractivity contribution in [3.05, 3.63) is 52.6 Å². The summed E-state index contributed by atoms with van der Waals surface area (Å²) in [6.45, 7) is 14.9. The first-order chi connectivity index (χ1) is 16.8. The molecule has 2 amide bonds. The third kappa shape index (κ3) is 6.27. The first kappa shape index (κ1) is 25.3. The van der Waals surface area contributed by atoms with Crippen LogP contribution in [0.4, 0.5) is 16.2 Å². The van der Waals surface area contributed by atoms with Gasteiger partial charge in [0.15, 0.2) is 0 Å². The van der Waals surface area contributed by atoms with Gasteiger partial charge in [0.2, 0.25) is 0 Å². The van der Waals surface area contributed by atoms with Crippen molar-refractivity contribution in [2.75, 3.05) is 83.3 Å². The molecule has 4 rings (SSSR count). The molecular formula is C28H41N5O2. The lowest BCUT2D eigenvalue weighted by molar-refractivity contribution is 0.148. The van der Waals surface area contributed by atoms with Crippen LogP contribution < -0.4 is 15.0 Å². The van der Waals surface area contributed by atoms with Gasteiger partial charge in [-0.3, -0.25) is 4.90 Å². The van der Waals surface area contributed by atoms with Crippen molar-refractivity contribution in [3.8, 4) is 5.75 Å². The highest BCUT2D eigenvalue weighted by molar-refractivity contribution is 5.90. The number of piperazine rings is 2. The van der Waals surface area contributed by atoms with E-state index < -0.39 is 0 Å². The highest BCUT2D eigenvalue weighted by atomic mass is 16.5. The third-order valence-corrected chi connectivity index (χ3v) is 7.45. The van der Waals surface area contributed by atoms with Crippen molar-refractivity contribution in [1.82, 2.24) is 14.7 Å². The Morgan fingerprint density at radius 3 is 2.20 bits per heavy atom. The monoisotopic (exact) mass is 479 g/mol. The zero-order chi connectivity index (χ0) is 24.9. The molecule has 7 heteroatoms. The summed E-state index contributed by atoms with van der Waals surface area (Å²) < 4.78 is 5.60. The number of carbonyl (C=O) groups excluding carboxylic acids is 1. The molecule has 2 saturated heterocycles. The highest BCUT2D eigenvalue weighted by Gasteiger charge is 2.23. The number of nitrogens with zero attached hydrogens (tertiary/aromatic N) is 4. The van der Waals surface area contributed by atoms with E-state index in [1.165, 1.54) is 22.3 Å². The van der Waals surface area contributed by atoms with Gasteiger partial charge in [0, 0.05) is 64.6 Å². The molecule has 0 bridgehead atoms. The fourth-order valence-electron chi connectivity index (χ4n) is 5.31. The molecule has 0 spiro atoms. The Balaban J connectivity index is 1.30. The lowest BCUT2D eigenvalue weighted by Crippen LogP contribution is -2.50. The molecule has 2 aromatic carbocycles. The van der Waals surface area contributed by atoms with E-state index in [0.717, 1.165) is 82.4 Å². The second kappa shape index (κ2) is 11.3. The second-order valence-corrected chi connectivity index (χ2v) is 10.1. The van der Waals surface area contributed by atoms with Crippen molar-refractivity contribution in [3.63, 3.8) is 0 Å². The maximum atomic E-state index is 13.0. The first-order valence-corrected chi connectivity index (χ1v) is 12.8. The average Bonchev–Trinajstić information content (AvgIpc) is 2.84. The lowest BCUT2D eigenvalue weighted by atomic mass is 9.97. The van der Waals surface area contributed by atoms with Gasteiger partial charge < -0.3 is 24.8 Å². The zero-order valence-electron chi connectivity index (χ0n) is 22.1. The highest BCUT2D eigenvalue weighted by Crippen LogP contribution is 2.32. The molecule has 7 nitrogen and oxygen atoms in total. The van der Waals surface area contributed by atoms with Crippen molar-refractivity contribution in [1.29, 1.82) is 0 Å². The molecule has 190 valence electrons. The molecule has 0 unspecified atom stereocenters. The Morgan fingerprint density at radius 1 is 0.914 bits per heavy atom. The van der Waals surface area contributed by atoms with Crippen LogP contribution in [0, 0.1) is 20.8 Å². The number of methoxy groups -OCH3 is 1. The largest absolute Gasteiger partial charge is 0.495 e. The maximum Gasteiger partial charge on any atom is 0.321 e. The minimum atomic E-state index is -0.0237. The van der Waals surface area contributed by atoms with Gasteiger partial charge in [-0.25, -0.2) is 4.79 Å². The van der Waals surface area contributed by atoms with Crippen molar-refractivity contribution >= 4 is 17.4 Å². The second-order valence-electron chi connectivity index (χ2n) is 10.1. The SMILES string of the molecule is COc1ccc(NC(=O)N2CCN(CCc3c(C)cc(C)cc3C)CC2)cc1N1CCN(C)CC1. The van der Waals surface area contributed by atoms with Crippen molar-refractivity contribution in [2.24, 2.45) is 0 Å². The molecule has 0 aromatic heterocycles. The molecule has 0 aliphatic carbocycles. The summed E-state index contributed by atoms with van der Waals surface area (Å²) in [4.78, 5) is 22.1. The Labute approximate surface area is 210 Å². The van der Waals surface area contributed by atoms with Gasteiger partial charge >= 0.3 is 6.03 Å². The van der Waals surface area contributed by atoms with E-state index in [4.69, 9.17) is 4.74 Å². The fourth-order valence-corrected chi connectivity index (χ4v) is 5.31. The van der Waals surface area contributed by atoms with E-state index in [-0.39, 0.29) is 6.03 Å². The standard InChI is InChI=1S/C28H41N5O2/c1-21-18-22(2)25(23(3)19-21)8-9-31-12-16-33(17-13-31)28(34)29-24-6-7-27(35-5)26(20-24)32-14-10-30(4)11-15-32/h6-7,18-20H,8-17H2,1-5H3,(H,29,34). The van der Waals surface area contributed by atoms with E-state index >= 15 is 0 Å². The summed E-state index contributed by atoms with van der Waals surface area (Å²) in [7, 11) is 3.85. The topological polar surface area (TPSA) is 51.3 Å². The minimum Gasteiger partial charge on any atom is -0.495 e. The van der Waals surface area contributed by atoms with Crippen LogP contribution in [0.3, 0.4) is 0 Å².